The Hall–Kier alpha value is -3.82. The molecular formula is C21H23N7O3. The van der Waals surface area contributed by atoms with E-state index >= 15 is 0 Å². The van der Waals surface area contributed by atoms with E-state index in [-0.39, 0.29) is 23.2 Å². The highest BCUT2D eigenvalue weighted by Crippen LogP contribution is 2.27. The van der Waals surface area contributed by atoms with Gasteiger partial charge in [0, 0.05) is 24.8 Å². The van der Waals surface area contributed by atoms with Crippen molar-refractivity contribution in [3.63, 3.8) is 0 Å². The number of anilines is 2. The van der Waals surface area contributed by atoms with Gasteiger partial charge in [0.2, 0.25) is 5.91 Å². The van der Waals surface area contributed by atoms with Gasteiger partial charge in [-0.15, -0.1) is 10.2 Å². The van der Waals surface area contributed by atoms with Crippen molar-refractivity contribution in [3.05, 3.63) is 64.0 Å². The predicted molar refractivity (Wildman–Crippen MR) is 115 cm³/mol. The molecule has 1 atom stereocenters. The van der Waals surface area contributed by atoms with Crippen LogP contribution in [-0.4, -0.2) is 43.9 Å². The number of carbonyl (C=O) groups excluding carboxylic acids is 1. The third kappa shape index (κ3) is 4.37. The van der Waals surface area contributed by atoms with Gasteiger partial charge >= 0.3 is 0 Å². The fourth-order valence-corrected chi connectivity index (χ4v) is 3.83. The van der Waals surface area contributed by atoms with Crippen molar-refractivity contribution in [3.8, 4) is 5.82 Å². The molecule has 1 aliphatic heterocycles. The first-order valence-electron chi connectivity index (χ1n) is 10.1. The molecule has 1 aromatic carbocycles. The molecule has 0 spiro atoms. The number of amides is 1. The predicted octanol–water partition coefficient (Wildman–Crippen LogP) is 3.04. The van der Waals surface area contributed by atoms with Crippen LogP contribution in [0.5, 0.6) is 0 Å². The molecule has 10 heteroatoms. The number of hydrogen-bond donors (Lipinski definition) is 1. The second-order valence-electron chi connectivity index (χ2n) is 7.64. The average Bonchev–Trinajstić information content (AvgIpc) is 3.12. The molecule has 0 aliphatic carbocycles. The van der Waals surface area contributed by atoms with E-state index < -0.39 is 4.92 Å². The number of rotatable bonds is 5. The number of carbonyl (C=O) groups is 1. The van der Waals surface area contributed by atoms with Gasteiger partial charge in [-0.05, 0) is 51.0 Å². The van der Waals surface area contributed by atoms with Crippen molar-refractivity contribution in [1.82, 2.24) is 20.0 Å². The normalized spacial score (nSPS) is 16.2. The number of benzene rings is 1. The summed E-state index contributed by atoms with van der Waals surface area (Å²) in [5.74, 6) is 0.794. The molecule has 1 N–H and O–H groups in total. The number of aromatic nitrogens is 4. The third-order valence-corrected chi connectivity index (χ3v) is 5.34. The SMILES string of the molecule is Cc1cc(C)n(-c2ccc(N3CCCC(C(=O)Nc4ccccc4[N+](=O)[O-])C3)nn2)n1. The van der Waals surface area contributed by atoms with E-state index in [0.717, 1.165) is 24.4 Å². The van der Waals surface area contributed by atoms with E-state index in [2.05, 4.69) is 20.6 Å². The zero-order chi connectivity index (χ0) is 22.0. The van der Waals surface area contributed by atoms with Crippen LogP contribution < -0.4 is 10.2 Å². The molecule has 1 amide bonds. The van der Waals surface area contributed by atoms with Crippen LogP contribution in [-0.2, 0) is 4.79 Å². The minimum absolute atomic E-state index is 0.117. The number of para-hydroxylation sites is 2. The van der Waals surface area contributed by atoms with Gasteiger partial charge in [-0.3, -0.25) is 14.9 Å². The summed E-state index contributed by atoms with van der Waals surface area (Å²) in [5, 5.41) is 27.0. The van der Waals surface area contributed by atoms with Crippen LogP contribution in [0.25, 0.3) is 5.82 Å². The van der Waals surface area contributed by atoms with E-state index in [1.165, 1.54) is 6.07 Å². The highest BCUT2D eigenvalue weighted by molar-refractivity contribution is 5.95. The van der Waals surface area contributed by atoms with Crippen molar-refractivity contribution in [2.45, 2.75) is 26.7 Å². The summed E-state index contributed by atoms with van der Waals surface area (Å²) < 4.78 is 1.74. The van der Waals surface area contributed by atoms with Crippen LogP contribution in [0.2, 0.25) is 0 Å². The molecule has 1 fully saturated rings. The molecule has 10 nitrogen and oxygen atoms in total. The molecule has 3 aromatic rings. The maximum Gasteiger partial charge on any atom is 0.292 e. The first-order chi connectivity index (χ1) is 14.9. The molecule has 2 aromatic heterocycles. The van der Waals surface area contributed by atoms with E-state index in [4.69, 9.17) is 0 Å². The summed E-state index contributed by atoms with van der Waals surface area (Å²) in [6.07, 6.45) is 1.52. The number of nitro groups is 1. The highest BCUT2D eigenvalue weighted by atomic mass is 16.6. The summed E-state index contributed by atoms with van der Waals surface area (Å²) in [6.45, 7) is 5.12. The largest absolute Gasteiger partial charge is 0.354 e. The van der Waals surface area contributed by atoms with Crippen LogP contribution in [0.3, 0.4) is 0 Å². The fraction of sp³-hybridized carbons (Fsp3) is 0.333. The number of nitrogens with one attached hydrogen (secondary N) is 1. The summed E-state index contributed by atoms with van der Waals surface area (Å²) in [4.78, 5) is 25.5. The van der Waals surface area contributed by atoms with Crippen LogP contribution in [0.15, 0.2) is 42.5 Å². The topological polar surface area (TPSA) is 119 Å². The Labute approximate surface area is 179 Å². The molecule has 31 heavy (non-hydrogen) atoms. The summed E-state index contributed by atoms with van der Waals surface area (Å²) in [5.41, 5.74) is 1.98. The number of aryl methyl sites for hydroxylation is 2. The Bertz CT molecular complexity index is 1110. The van der Waals surface area contributed by atoms with Crippen molar-refractivity contribution in [2.24, 2.45) is 5.92 Å². The van der Waals surface area contributed by atoms with Gasteiger partial charge in [0.15, 0.2) is 11.6 Å². The van der Waals surface area contributed by atoms with E-state index in [0.29, 0.717) is 24.6 Å². The van der Waals surface area contributed by atoms with Gasteiger partial charge in [-0.25, -0.2) is 4.68 Å². The molecular weight excluding hydrogens is 398 g/mol. The van der Waals surface area contributed by atoms with Gasteiger partial charge in [-0.1, -0.05) is 12.1 Å². The van der Waals surface area contributed by atoms with E-state index in [1.54, 1.807) is 22.9 Å². The second-order valence-corrected chi connectivity index (χ2v) is 7.64. The molecule has 160 valence electrons. The molecule has 0 saturated carbocycles. The minimum atomic E-state index is -0.497. The molecule has 0 bridgehead atoms. The Kier molecular flexibility index (Phi) is 5.61. The van der Waals surface area contributed by atoms with Gasteiger partial charge in [-0.2, -0.15) is 5.10 Å². The highest BCUT2D eigenvalue weighted by Gasteiger charge is 2.28. The first kappa shape index (κ1) is 20.5. The lowest BCUT2D eigenvalue weighted by Crippen LogP contribution is -2.41. The third-order valence-electron chi connectivity index (χ3n) is 5.34. The lowest BCUT2D eigenvalue weighted by Gasteiger charge is -2.32. The summed E-state index contributed by atoms with van der Waals surface area (Å²) >= 11 is 0. The smallest absolute Gasteiger partial charge is 0.292 e. The summed E-state index contributed by atoms with van der Waals surface area (Å²) in [7, 11) is 0. The Balaban J connectivity index is 1.45. The number of nitro benzene ring substituents is 1. The maximum absolute atomic E-state index is 12.8. The number of piperidine rings is 1. The van der Waals surface area contributed by atoms with Crippen molar-refractivity contribution < 1.29 is 9.72 Å². The Morgan fingerprint density at radius 2 is 1.90 bits per heavy atom. The molecule has 1 unspecified atom stereocenters. The standard InChI is InChI=1S/C21H23N7O3/c1-14-12-15(2)27(25-14)20-10-9-19(23-24-20)26-11-5-6-16(13-26)21(29)22-17-7-3-4-8-18(17)28(30)31/h3-4,7-10,12,16H,5-6,11,13H2,1-2H3,(H,22,29). The van der Waals surface area contributed by atoms with Crippen molar-refractivity contribution in [2.75, 3.05) is 23.3 Å². The molecule has 3 heterocycles. The molecule has 0 radical (unpaired) electrons. The minimum Gasteiger partial charge on any atom is -0.354 e. The lowest BCUT2D eigenvalue weighted by atomic mass is 9.97. The summed E-state index contributed by atoms with van der Waals surface area (Å²) in [6, 6.07) is 11.9. The zero-order valence-electron chi connectivity index (χ0n) is 17.4. The average molecular weight is 421 g/mol. The van der Waals surface area contributed by atoms with Gasteiger partial charge in [0.25, 0.3) is 5.69 Å². The first-order valence-corrected chi connectivity index (χ1v) is 10.1. The number of nitrogens with zero attached hydrogens (tertiary/aromatic N) is 6. The van der Waals surface area contributed by atoms with E-state index in [9.17, 15) is 14.9 Å². The molecule has 1 saturated heterocycles. The van der Waals surface area contributed by atoms with Gasteiger partial charge in [0.05, 0.1) is 16.5 Å². The van der Waals surface area contributed by atoms with Crippen LogP contribution >= 0.6 is 0 Å². The zero-order valence-corrected chi connectivity index (χ0v) is 17.4. The van der Waals surface area contributed by atoms with Crippen LogP contribution in [0.1, 0.15) is 24.2 Å². The Morgan fingerprint density at radius 1 is 1.16 bits per heavy atom. The Morgan fingerprint density at radius 3 is 2.58 bits per heavy atom. The maximum atomic E-state index is 12.8. The van der Waals surface area contributed by atoms with Crippen LogP contribution in [0.4, 0.5) is 17.2 Å². The molecule has 4 rings (SSSR count). The molecule has 1 aliphatic rings. The monoisotopic (exact) mass is 421 g/mol. The number of hydrogen-bond acceptors (Lipinski definition) is 7. The fourth-order valence-electron chi connectivity index (χ4n) is 3.83. The quantitative estimate of drug-likeness (QED) is 0.497. The second kappa shape index (κ2) is 8.50. The van der Waals surface area contributed by atoms with E-state index in [1.807, 2.05) is 36.9 Å². The van der Waals surface area contributed by atoms with Crippen LogP contribution in [0, 0.1) is 29.9 Å². The lowest BCUT2D eigenvalue weighted by molar-refractivity contribution is -0.383. The van der Waals surface area contributed by atoms with Gasteiger partial charge < -0.3 is 10.2 Å². The van der Waals surface area contributed by atoms with Crippen molar-refractivity contribution in [1.29, 1.82) is 0 Å². The van der Waals surface area contributed by atoms with Gasteiger partial charge in [0.1, 0.15) is 5.69 Å². The van der Waals surface area contributed by atoms with Crippen molar-refractivity contribution >= 4 is 23.1 Å².